The predicted octanol–water partition coefficient (Wildman–Crippen LogP) is 4.07. The molecule has 1 aromatic carbocycles. The molecule has 1 aromatic rings. The summed E-state index contributed by atoms with van der Waals surface area (Å²) in [6, 6.07) is 4.26. The third kappa shape index (κ3) is 4.00. The third-order valence-electron chi connectivity index (χ3n) is 4.26. The number of rotatable bonds is 5. The van der Waals surface area contributed by atoms with Crippen LogP contribution in [0.15, 0.2) is 18.2 Å². The average molecular weight is 267 g/mol. The summed E-state index contributed by atoms with van der Waals surface area (Å²) in [4.78, 5) is 0. The molecule has 0 heterocycles. The summed E-state index contributed by atoms with van der Waals surface area (Å²) in [6.45, 7) is 0. The summed E-state index contributed by atoms with van der Waals surface area (Å²) in [5, 5.41) is 3.22. The summed E-state index contributed by atoms with van der Waals surface area (Å²) in [6.07, 6.45) is 7.92. The molecule has 1 saturated carbocycles. The van der Waals surface area contributed by atoms with Gasteiger partial charge in [0.1, 0.15) is 11.6 Å². The lowest BCUT2D eigenvalue weighted by Crippen LogP contribution is -2.31. The molecule has 106 valence electrons. The lowest BCUT2D eigenvalue weighted by molar-refractivity contribution is 0.300. The molecule has 0 saturated heterocycles. The van der Waals surface area contributed by atoms with E-state index in [1.54, 1.807) is 0 Å². The van der Waals surface area contributed by atoms with E-state index in [-0.39, 0.29) is 11.6 Å². The van der Waals surface area contributed by atoms with E-state index in [1.807, 2.05) is 7.05 Å². The van der Waals surface area contributed by atoms with Crippen LogP contribution >= 0.6 is 0 Å². The molecule has 0 aliphatic heterocycles. The first-order valence-corrected chi connectivity index (χ1v) is 7.31. The van der Waals surface area contributed by atoms with Crippen molar-refractivity contribution in [1.82, 2.24) is 5.32 Å². The molecule has 2 rings (SSSR count). The molecule has 0 aromatic heterocycles. The zero-order chi connectivity index (χ0) is 13.7. The first-order chi connectivity index (χ1) is 9.20. The van der Waals surface area contributed by atoms with E-state index in [0.717, 1.165) is 6.42 Å². The van der Waals surface area contributed by atoms with E-state index < -0.39 is 11.6 Å². The van der Waals surface area contributed by atoms with Gasteiger partial charge in [-0.15, -0.1) is 0 Å². The Morgan fingerprint density at radius 1 is 1.16 bits per heavy atom. The van der Waals surface area contributed by atoms with Crippen LogP contribution in [-0.4, -0.2) is 13.1 Å². The minimum Gasteiger partial charge on any atom is -0.317 e. The van der Waals surface area contributed by atoms with Crippen LogP contribution in [-0.2, 0) is 6.42 Å². The fourth-order valence-corrected chi connectivity index (χ4v) is 3.10. The highest BCUT2D eigenvalue weighted by Gasteiger charge is 2.20. The number of halogens is 2. The maximum Gasteiger partial charge on any atom is 0.129 e. The highest BCUT2D eigenvalue weighted by molar-refractivity contribution is 5.20. The Labute approximate surface area is 114 Å². The smallest absolute Gasteiger partial charge is 0.129 e. The predicted molar refractivity (Wildman–Crippen MR) is 74.1 cm³/mol. The van der Waals surface area contributed by atoms with Crippen LogP contribution in [0.3, 0.4) is 0 Å². The molecule has 1 unspecified atom stereocenters. The number of nitrogens with one attached hydrogen (secondary N) is 1. The monoisotopic (exact) mass is 267 g/mol. The van der Waals surface area contributed by atoms with Crippen molar-refractivity contribution >= 4 is 0 Å². The Bertz CT molecular complexity index is 379. The molecular weight excluding hydrogens is 244 g/mol. The number of benzene rings is 1. The van der Waals surface area contributed by atoms with Crippen LogP contribution in [0.2, 0.25) is 0 Å². The van der Waals surface area contributed by atoms with Gasteiger partial charge in [-0.3, -0.25) is 0 Å². The zero-order valence-corrected chi connectivity index (χ0v) is 11.6. The Balaban J connectivity index is 1.98. The van der Waals surface area contributed by atoms with Crippen molar-refractivity contribution in [3.05, 3.63) is 35.4 Å². The number of hydrogen-bond acceptors (Lipinski definition) is 1. The van der Waals surface area contributed by atoms with Gasteiger partial charge >= 0.3 is 0 Å². The van der Waals surface area contributed by atoms with Gasteiger partial charge in [0, 0.05) is 11.6 Å². The highest BCUT2D eigenvalue weighted by atomic mass is 19.1. The molecule has 1 atom stereocenters. The van der Waals surface area contributed by atoms with E-state index in [2.05, 4.69) is 5.32 Å². The molecule has 19 heavy (non-hydrogen) atoms. The third-order valence-corrected chi connectivity index (χ3v) is 4.26. The minimum atomic E-state index is -0.427. The second-order valence-electron chi connectivity index (χ2n) is 5.63. The van der Waals surface area contributed by atoms with Crippen LogP contribution in [0.4, 0.5) is 8.78 Å². The molecule has 0 spiro atoms. The Morgan fingerprint density at radius 3 is 2.37 bits per heavy atom. The van der Waals surface area contributed by atoms with Crippen LogP contribution in [0.25, 0.3) is 0 Å². The molecule has 1 aliphatic rings. The van der Waals surface area contributed by atoms with E-state index in [1.165, 1.54) is 50.3 Å². The summed E-state index contributed by atoms with van der Waals surface area (Å²) < 4.78 is 27.3. The molecule has 0 bridgehead atoms. The van der Waals surface area contributed by atoms with E-state index in [9.17, 15) is 8.78 Å². The topological polar surface area (TPSA) is 12.0 Å². The molecule has 1 N–H and O–H groups in total. The van der Waals surface area contributed by atoms with Gasteiger partial charge in [-0.2, -0.15) is 0 Å². The maximum absolute atomic E-state index is 13.7. The molecule has 1 nitrogen and oxygen atoms in total. The standard InChI is InChI=1S/C16H23F2N/c1-19-13(10-12-6-3-2-4-7-12)11-14-15(17)8-5-9-16(14)18/h5,8-9,12-13,19H,2-4,6-7,10-11H2,1H3. The van der Waals surface area contributed by atoms with Crippen molar-refractivity contribution in [2.75, 3.05) is 7.05 Å². The van der Waals surface area contributed by atoms with Crippen molar-refractivity contribution in [2.24, 2.45) is 5.92 Å². The van der Waals surface area contributed by atoms with Crippen molar-refractivity contribution in [1.29, 1.82) is 0 Å². The molecule has 0 amide bonds. The molecule has 0 radical (unpaired) electrons. The van der Waals surface area contributed by atoms with Gasteiger partial charge in [-0.1, -0.05) is 38.2 Å². The lowest BCUT2D eigenvalue weighted by Gasteiger charge is -2.26. The number of hydrogen-bond donors (Lipinski definition) is 1. The molecule has 1 fully saturated rings. The van der Waals surface area contributed by atoms with Gasteiger partial charge in [-0.05, 0) is 37.9 Å². The van der Waals surface area contributed by atoms with Crippen molar-refractivity contribution in [3.63, 3.8) is 0 Å². The fraction of sp³-hybridized carbons (Fsp3) is 0.625. The quantitative estimate of drug-likeness (QED) is 0.848. The van der Waals surface area contributed by atoms with Crippen LogP contribution < -0.4 is 5.32 Å². The summed E-state index contributed by atoms with van der Waals surface area (Å²) in [5.41, 5.74) is 0.220. The van der Waals surface area contributed by atoms with Crippen molar-refractivity contribution < 1.29 is 8.78 Å². The second-order valence-corrected chi connectivity index (χ2v) is 5.63. The Morgan fingerprint density at radius 2 is 1.79 bits per heavy atom. The lowest BCUT2D eigenvalue weighted by atomic mass is 9.83. The van der Waals surface area contributed by atoms with Gasteiger partial charge in [-0.25, -0.2) is 8.78 Å². The summed E-state index contributed by atoms with van der Waals surface area (Å²) in [5.74, 6) is -0.145. The zero-order valence-electron chi connectivity index (χ0n) is 11.6. The van der Waals surface area contributed by atoms with E-state index >= 15 is 0 Å². The van der Waals surface area contributed by atoms with E-state index in [4.69, 9.17) is 0 Å². The largest absolute Gasteiger partial charge is 0.317 e. The van der Waals surface area contributed by atoms with Gasteiger partial charge in [0.25, 0.3) is 0 Å². The van der Waals surface area contributed by atoms with Crippen molar-refractivity contribution in [2.45, 2.75) is 51.0 Å². The summed E-state index contributed by atoms with van der Waals surface area (Å²) in [7, 11) is 1.88. The summed E-state index contributed by atoms with van der Waals surface area (Å²) >= 11 is 0. The average Bonchev–Trinajstić information content (AvgIpc) is 2.43. The van der Waals surface area contributed by atoms with Gasteiger partial charge in [0.2, 0.25) is 0 Å². The highest BCUT2D eigenvalue weighted by Crippen LogP contribution is 2.28. The first kappa shape index (κ1) is 14.4. The first-order valence-electron chi connectivity index (χ1n) is 7.31. The van der Waals surface area contributed by atoms with Crippen LogP contribution in [0.1, 0.15) is 44.1 Å². The van der Waals surface area contributed by atoms with Crippen molar-refractivity contribution in [3.8, 4) is 0 Å². The SMILES string of the molecule is CNC(Cc1c(F)cccc1F)CC1CCCCC1. The Kier molecular flexibility index (Phi) is 5.32. The second kappa shape index (κ2) is 6.99. The van der Waals surface area contributed by atoms with Gasteiger partial charge in [0.15, 0.2) is 0 Å². The van der Waals surface area contributed by atoms with Gasteiger partial charge < -0.3 is 5.32 Å². The van der Waals surface area contributed by atoms with Crippen LogP contribution in [0.5, 0.6) is 0 Å². The van der Waals surface area contributed by atoms with Gasteiger partial charge in [0.05, 0.1) is 0 Å². The normalized spacial score (nSPS) is 18.5. The Hall–Kier alpha value is -0.960. The molecule has 3 heteroatoms. The number of likely N-dealkylation sites (N-methyl/N-ethyl adjacent to an activating group) is 1. The van der Waals surface area contributed by atoms with E-state index in [0.29, 0.717) is 12.3 Å². The molecular formula is C16H23F2N. The fourth-order valence-electron chi connectivity index (χ4n) is 3.10. The van der Waals surface area contributed by atoms with Crippen LogP contribution in [0, 0.1) is 17.6 Å². The molecule has 1 aliphatic carbocycles. The minimum absolute atomic E-state index is 0.162. The maximum atomic E-state index is 13.7.